The number of rotatable bonds is 6. The Morgan fingerprint density at radius 2 is 1.85 bits per heavy atom. The van der Waals surface area contributed by atoms with E-state index in [4.69, 9.17) is 5.73 Å². The van der Waals surface area contributed by atoms with Crippen LogP contribution in [0.3, 0.4) is 0 Å². The third-order valence-electron chi connectivity index (χ3n) is 3.30. The third-order valence-corrected chi connectivity index (χ3v) is 3.30. The van der Waals surface area contributed by atoms with Gasteiger partial charge in [-0.05, 0) is 17.7 Å². The highest BCUT2D eigenvalue weighted by Crippen LogP contribution is 2.21. The van der Waals surface area contributed by atoms with Crippen LogP contribution in [0.4, 0.5) is 32.3 Å². The predicted octanol–water partition coefficient (Wildman–Crippen LogP) is 2.86. The maximum Gasteiger partial charge on any atom is 0.316 e. The molecule has 0 radical (unpaired) electrons. The third kappa shape index (κ3) is 4.87. The summed E-state index contributed by atoms with van der Waals surface area (Å²) >= 11 is 0. The first-order valence-electron chi connectivity index (χ1n) is 7.68. The summed E-state index contributed by atoms with van der Waals surface area (Å²) in [6.07, 6.45) is 4.64. The van der Waals surface area contributed by atoms with E-state index in [9.17, 15) is 9.18 Å². The second-order valence-electron chi connectivity index (χ2n) is 5.31. The lowest BCUT2D eigenvalue weighted by Crippen LogP contribution is -2.19. The highest BCUT2D eigenvalue weighted by molar-refractivity contribution is 5.89. The van der Waals surface area contributed by atoms with Crippen LogP contribution >= 0.6 is 0 Å². The van der Waals surface area contributed by atoms with E-state index >= 15 is 0 Å². The standard InChI is InChI=1S/C17H16FN7O/c18-12-3-1-11(2-4-12)9-22-14-7-13(23-17(19)26)8-15(24-14)25-16-10-20-5-6-21-16/h1-8,10H,9H2,(H5,19,21,22,23,24,25,26). The van der Waals surface area contributed by atoms with Gasteiger partial charge in [0.15, 0.2) is 0 Å². The van der Waals surface area contributed by atoms with Gasteiger partial charge in [-0.2, -0.15) is 0 Å². The van der Waals surface area contributed by atoms with Crippen molar-refractivity contribution >= 4 is 29.2 Å². The molecular formula is C17H16FN7O. The van der Waals surface area contributed by atoms with E-state index in [1.807, 2.05) is 0 Å². The quantitative estimate of drug-likeness (QED) is 0.541. The second kappa shape index (κ2) is 7.88. The fraction of sp³-hybridized carbons (Fsp3) is 0.0588. The maximum atomic E-state index is 13.0. The number of amides is 2. The van der Waals surface area contributed by atoms with E-state index in [1.165, 1.54) is 12.1 Å². The van der Waals surface area contributed by atoms with Gasteiger partial charge in [0.25, 0.3) is 0 Å². The number of anilines is 4. The van der Waals surface area contributed by atoms with Crippen molar-refractivity contribution in [3.8, 4) is 0 Å². The molecule has 0 saturated heterocycles. The van der Waals surface area contributed by atoms with Gasteiger partial charge in [0.1, 0.15) is 23.3 Å². The van der Waals surface area contributed by atoms with Gasteiger partial charge < -0.3 is 21.7 Å². The first-order chi connectivity index (χ1) is 12.6. The molecule has 0 unspecified atom stereocenters. The molecule has 0 aliphatic carbocycles. The van der Waals surface area contributed by atoms with Crippen molar-refractivity contribution in [2.45, 2.75) is 6.54 Å². The number of benzene rings is 1. The van der Waals surface area contributed by atoms with E-state index in [-0.39, 0.29) is 5.82 Å². The Balaban J connectivity index is 1.79. The number of hydrogen-bond donors (Lipinski definition) is 4. The molecule has 0 aliphatic rings. The average Bonchev–Trinajstić information content (AvgIpc) is 2.61. The summed E-state index contributed by atoms with van der Waals surface area (Å²) in [4.78, 5) is 23.6. The molecule has 0 saturated carbocycles. The molecule has 2 heterocycles. The van der Waals surface area contributed by atoms with Crippen LogP contribution in [0, 0.1) is 5.82 Å². The Morgan fingerprint density at radius 1 is 1.08 bits per heavy atom. The zero-order chi connectivity index (χ0) is 18.4. The van der Waals surface area contributed by atoms with Crippen LogP contribution in [0.1, 0.15) is 5.56 Å². The number of carbonyl (C=O) groups excluding carboxylic acids is 1. The summed E-state index contributed by atoms with van der Waals surface area (Å²) in [5.74, 6) is 1.14. The van der Waals surface area contributed by atoms with Gasteiger partial charge in [-0.25, -0.2) is 19.2 Å². The first-order valence-corrected chi connectivity index (χ1v) is 7.68. The molecule has 5 N–H and O–H groups in total. The van der Waals surface area contributed by atoms with Gasteiger partial charge in [0, 0.05) is 36.8 Å². The normalized spacial score (nSPS) is 10.2. The molecule has 3 aromatic rings. The molecule has 2 amide bonds. The Kier molecular flexibility index (Phi) is 5.18. The number of carbonyl (C=O) groups is 1. The van der Waals surface area contributed by atoms with Crippen LogP contribution in [0.2, 0.25) is 0 Å². The molecule has 0 fully saturated rings. The Morgan fingerprint density at radius 3 is 2.54 bits per heavy atom. The lowest BCUT2D eigenvalue weighted by Gasteiger charge is -2.12. The van der Waals surface area contributed by atoms with Crippen LogP contribution < -0.4 is 21.7 Å². The highest BCUT2D eigenvalue weighted by atomic mass is 19.1. The Labute approximate surface area is 148 Å². The Hall–Kier alpha value is -3.75. The summed E-state index contributed by atoms with van der Waals surface area (Å²) in [6, 6.07) is 8.68. The number of aromatic nitrogens is 3. The lowest BCUT2D eigenvalue weighted by molar-refractivity contribution is 0.259. The van der Waals surface area contributed by atoms with Crippen LogP contribution in [0.15, 0.2) is 55.0 Å². The van der Waals surface area contributed by atoms with Gasteiger partial charge in [-0.15, -0.1) is 0 Å². The minimum absolute atomic E-state index is 0.296. The molecule has 0 aliphatic heterocycles. The van der Waals surface area contributed by atoms with E-state index in [2.05, 4.69) is 30.9 Å². The summed E-state index contributed by atoms with van der Waals surface area (Å²) < 4.78 is 13.0. The van der Waals surface area contributed by atoms with Gasteiger partial charge >= 0.3 is 6.03 Å². The zero-order valence-corrected chi connectivity index (χ0v) is 13.6. The SMILES string of the molecule is NC(=O)Nc1cc(NCc2ccc(F)cc2)nc(Nc2cnccn2)c1. The largest absolute Gasteiger partial charge is 0.366 e. The van der Waals surface area contributed by atoms with Crippen molar-refractivity contribution in [1.29, 1.82) is 0 Å². The van der Waals surface area contributed by atoms with Gasteiger partial charge in [-0.3, -0.25) is 4.98 Å². The van der Waals surface area contributed by atoms with E-state index in [1.54, 1.807) is 42.9 Å². The van der Waals surface area contributed by atoms with Crippen molar-refractivity contribution in [3.63, 3.8) is 0 Å². The van der Waals surface area contributed by atoms with Crippen molar-refractivity contribution < 1.29 is 9.18 Å². The molecule has 0 bridgehead atoms. The molecule has 1 aromatic carbocycles. The highest BCUT2D eigenvalue weighted by Gasteiger charge is 2.06. The minimum atomic E-state index is -0.689. The van der Waals surface area contributed by atoms with Crippen LogP contribution in [0.5, 0.6) is 0 Å². The molecule has 9 heteroatoms. The van der Waals surface area contributed by atoms with E-state index in [0.717, 1.165) is 5.56 Å². The van der Waals surface area contributed by atoms with E-state index < -0.39 is 6.03 Å². The van der Waals surface area contributed by atoms with Gasteiger partial charge in [0.2, 0.25) is 0 Å². The monoisotopic (exact) mass is 353 g/mol. The smallest absolute Gasteiger partial charge is 0.316 e. The fourth-order valence-electron chi connectivity index (χ4n) is 2.19. The first kappa shape index (κ1) is 17.1. The zero-order valence-electron chi connectivity index (χ0n) is 13.6. The lowest BCUT2D eigenvalue weighted by atomic mass is 10.2. The van der Waals surface area contributed by atoms with Crippen LogP contribution in [0.25, 0.3) is 0 Å². The van der Waals surface area contributed by atoms with Crippen LogP contribution in [-0.4, -0.2) is 21.0 Å². The van der Waals surface area contributed by atoms with Crippen molar-refractivity contribution in [2.24, 2.45) is 5.73 Å². The maximum absolute atomic E-state index is 13.0. The number of halogens is 1. The number of urea groups is 1. The molecule has 3 rings (SSSR count). The number of nitrogens with one attached hydrogen (secondary N) is 3. The summed E-state index contributed by atoms with van der Waals surface area (Å²) in [7, 11) is 0. The van der Waals surface area contributed by atoms with Gasteiger partial charge in [0.05, 0.1) is 6.20 Å². The molecule has 2 aromatic heterocycles. The summed E-state index contributed by atoms with van der Waals surface area (Å²) in [5, 5.41) is 8.63. The van der Waals surface area contributed by atoms with E-state index in [0.29, 0.717) is 29.7 Å². The fourth-order valence-corrected chi connectivity index (χ4v) is 2.19. The number of pyridine rings is 1. The predicted molar refractivity (Wildman–Crippen MR) is 96.5 cm³/mol. The minimum Gasteiger partial charge on any atom is -0.366 e. The number of nitrogens with two attached hydrogens (primary N) is 1. The summed E-state index contributed by atoms with van der Waals surface area (Å²) in [5.41, 5.74) is 6.53. The number of primary amides is 1. The van der Waals surface area contributed by atoms with Crippen molar-refractivity contribution in [3.05, 3.63) is 66.4 Å². The average molecular weight is 353 g/mol. The molecule has 8 nitrogen and oxygen atoms in total. The topological polar surface area (TPSA) is 118 Å². The molecule has 0 atom stereocenters. The van der Waals surface area contributed by atoms with Gasteiger partial charge in [-0.1, -0.05) is 12.1 Å². The van der Waals surface area contributed by atoms with Crippen LogP contribution in [-0.2, 0) is 6.54 Å². The van der Waals surface area contributed by atoms with Crippen molar-refractivity contribution in [1.82, 2.24) is 15.0 Å². The molecule has 132 valence electrons. The molecule has 0 spiro atoms. The molecular weight excluding hydrogens is 337 g/mol. The summed E-state index contributed by atoms with van der Waals surface area (Å²) in [6.45, 7) is 0.428. The Bertz CT molecular complexity index is 887. The van der Waals surface area contributed by atoms with Crippen molar-refractivity contribution in [2.75, 3.05) is 16.0 Å². The number of nitrogens with zero attached hydrogens (tertiary/aromatic N) is 3. The second-order valence-corrected chi connectivity index (χ2v) is 5.31. The molecule has 26 heavy (non-hydrogen) atoms. The number of hydrogen-bond acceptors (Lipinski definition) is 6.